The van der Waals surface area contributed by atoms with Gasteiger partial charge in [-0.25, -0.2) is 4.98 Å². The van der Waals surface area contributed by atoms with Gasteiger partial charge in [0, 0.05) is 29.4 Å². The Kier molecular flexibility index (Phi) is 8.43. The summed E-state index contributed by atoms with van der Waals surface area (Å²) in [6.45, 7) is 2.05. The normalized spacial score (nSPS) is 11.0. The second kappa shape index (κ2) is 11.7. The lowest BCUT2D eigenvalue weighted by Gasteiger charge is -2.07. The molecular weight excluding hydrogens is 502 g/mol. The van der Waals surface area contributed by atoms with E-state index in [0.717, 1.165) is 52.8 Å². The van der Waals surface area contributed by atoms with Gasteiger partial charge in [-0.05, 0) is 49.1 Å². The van der Waals surface area contributed by atoms with Gasteiger partial charge in [0.1, 0.15) is 11.6 Å². The maximum Gasteiger partial charge on any atom is 0.236 e. The quantitative estimate of drug-likeness (QED) is 0.262. The predicted molar refractivity (Wildman–Crippen MR) is 143 cm³/mol. The molecule has 4 aromatic rings. The molecule has 7 nitrogen and oxygen atoms in total. The van der Waals surface area contributed by atoms with Crippen molar-refractivity contribution in [1.29, 1.82) is 0 Å². The van der Waals surface area contributed by atoms with E-state index < -0.39 is 0 Å². The number of nitrogens with one attached hydrogen (secondary N) is 1. The van der Waals surface area contributed by atoms with Gasteiger partial charge in [0.25, 0.3) is 0 Å². The molecule has 2 aromatic heterocycles. The number of aryl methyl sites for hydroxylation is 3. The number of amides is 1. The number of carbonyl (C=O) groups is 1. The first kappa shape index (κ1) is 25.2. The van der Waals surface area contributed by atoms with E-state index in [1.165, 1.54) is 28.7 Å². The SMILES string of the molecule is COc1ccc(CCCc2nnc(SCC(=O)Nc3nc(-c4ccc(Cl)cc4)cs3)n2C)cc1C. The topological polar surface area (TPSA) is 81.9 Å². The molecule has 1 amide bonds. The largest absolute Gasteiger partial charge is 0.496 e. The molecular formula is C25H26ClN5O2S2. The average Bonchev–Trinajstić information content (AvgIpc) is 3.45. The van der Waals surface area contributed by atoms with E-state index in [2.05, 4.69) is 39.6 Å². The van der Waals surface area contributed by atoms with Crippen LogP contribution in [0, 0.1) is 6.92 Å². The molecule has 1 N–H and O–H groups in total. The Morgan fingerprint density at radius 2 is 1.97 bits per heavy atom. The third kappa shape index (κ3) is 6.62. The minimum absolute atomic E-state index is 0.133. The van der Waals surface area contributed by atoms with Gasteiger partial charge in [0.15, 0.2) is 10.3 Å². The van der Waals surface area contributed by atoms with E-state index in [4.69, 9.17) is 16.3 Å². The van der Waals surface area contributed by atoms with Crippen molar-refractivity contribution >= 4 is 45.7 Å². The number of ether oxygens (including phenoxy) is 1. The first-order valence-corrected chi connectivity index (χ1v) is 13.3. The minimum atomic E-state index is -0.133. The monoisotopic (exact) mass is 527 g/mol. The van der Waals surface area contributed by atoms with Crippen LogP contribution in [0.1, 0.15) is 23.4 Å². The highest BCUT2D eigenvalue weighted by Crippen LogP contribution is 2.26. The highest BCUT2D eigenvalue weighted by Gasteiger charge is 2.13. The number of rotatable bonds is 10. The summed E-state index contributed by atoms with van der Waals surface area (Å²) in [4.78, 5) is 16.9. The van der Waals surface area contributed by atoms with Gasteiger partial charge in [-0.2, -0.15) is 0 Å². The van der Waals surface area contributed by atoms with Crippen LogP contribution in [-0.4, -0.2) is 38.5 Å². The van der Waals surface area contributed by atoms with Crippen LogP contribution in [-0.2, 0) is 24.7 Å². The molecule has 35 heavy (non-hydrogen) atoms. The number of nitrogens with zero attached hydrogens (tertiary/aromatic N) is 4. The molecule has 0 atom stereocenters. The molecule has 2 heterocycles. The van der Waals surface area contributed by atoms with E-state index in [-0.39, 0.29) is 11.7 Å². The van der Waals surface area contributed by atoms with Crippen molar-refractivity contribution in [2.75, 3.05) is 18.2 Å². The number of thioether (sulfide) groups is 1. The van der Waals surface area contributed by atoms with Gasteiger partial charge in [-0.3, -0.25) is 4.79 Å². The summed E-state index contributed by atoms with van der Waals surface area (Å²) in [6, 6.07) is 13.7. The molecule has 0 aliphatic carbocycles. The molecule has 0 radical (unpaired) electrons. The highest BCUT2D eigenvalue weighted by molar-refractivity contribution is 7.99. The first-order chi connectivity index (χ1) is 16.9. The summed E-state index contributed by atoms with van der Waals surface area (Å²) < 4.78 is 7.29. The molecule has 0 fully saturated rings. The summed E-state index contributed by atoms with van der Waals surface area (Å²) in [5.41, 5.74) is 4.17. The molecule has 0 aliphatic heterocycles. The molecule has 0 spiro atoms. The third-order valence-corrected chi connectivity index (χ3v) is 7.50. The van der Waals surface area contributed by atoms with Crippen molar-refractivity contribution in [3.63, 3.8) is 0 Å². The molecule has 0 saturated heterocycles. The number of aromatic nitrogens is 4. The molecule has 2 aromatic carbocycles. The fourth-order valence-electron chi connectivity index (χ4n) is 3.60. The fraction of sp³-hybridized carbons (Fsp3) is 0.280. The van der Waals surface area contributed by atoms with Gasteiger partial charge >= 0.3 is 0 Å². The number of thiazole rings is 1. The van der Waals surface area contributed by atoms with Crippen molar-refractivity contribution in [1.82, 2.24) is 19.7 Å². The van der Waals surface area contributed by atoms with Crippen LogP contribution < -0.4 is 10.1 Å². The van der Waals surface area contributed by atoms with E-state index >= 15 is 0 Å². The Hall–Kier alpha value is -2.88. The lowest BCUT2D eigenvalue weighted by atomic mass is 10.0. The number of halogens is 1. The number of benzene rings is 2. The van der Waals surface area contributed by atoms with Gasteiger partial charge < -0.3 is 14.6 Å². The highest BCUT2D eigenvalue weighted by atomic mass is 35.5. The van der Waals surface area contributed by atoms with Crippen molar-refractivity contribution in [3.8, 4) is 17.0 Å². The average molecular weight is 528 g/mol. The second-order valence-electron chi connectivity index (χ2n) is 8.00. The van der Waals surface area contributed by atoms with Crippen molar-refractivity contribution in [2.24, 2.45) is 7.05 Å². The summed E-state index contributed by atoms with van der Waals surface area (Å²) in [5, 5.41) is 15.3. The molecule has 0 unspecified atom stereocenters. The molecule has 0 saturated carbocycles. The Balaban J connectivity index is 1.25. The molecule has 10 heteroatoms. The van der Waals surface area contributed by atoms with Crippen molar-refractivity contribution in [2.45, 2.75) is 31.3 Å². The molecule has 0 bridgehead atoms. The molecule has 0 aliphatic rings. The van der Waals surface area contributed by atoms with E-state index in [9.17, 15) is 4.79 Å². The maximum atomic E-state index is 12.4. The smallest absolute Gasteiger partial charge is 0.236 e. The van der Waals surface area contributed by atoms with E-state index in [1.54, 1.807) is 7.11 Å². The number of hydrogen-bond donors (Lipinski definition) is 1. The Labute approximate surface area is 217 Å². The zero-order valence-electron chi connectivity index (χ0n) is 19.7. The minimum Gasteiger partial charge on any atom is -0.496 e. The van der Waals surface area contributed by atoms with E-state index in [1.807, 2.05) is 47.3 Å². The van der Waals surface area contributed by atoms with Crippen molar-refractivity contribution < 1.29 is 9.53 Å². The van der Waals surface area contributed by atoms with Crippen LogP contribution in [0.15, 0.2) is 53.0 Å². The number of carbonyl (C=O) groups excluding carboxylic acids is 1. The molecule has 182 valence electrons. The van der Waals surface area contributed by atoms with Crippen LogP contribution in [0.3, 0.4) is 0 Å². The zero-order chi connectivity index (χ0) is 24.8. The maximum absolute atomic E-state index is 12.4. The van der Waals surface area contributed by atoms with Gasteiger partial charge in [-0.15, -0.1) is 21.5 Å². The Morgan fingerprint density at radius 3 is 2.71 bits per heavy atom. The van der Waals surface area contributed by atoms with Gasteiger partial charge in [-0.1, -0.05) is 47.6 Å². The van der Waals surface area contributed by atoms with Crippen LogP contribution in [0.2, 0.25) is 5.02 Å². The standard InChI is InChI=1S/C25H26ClN5O2S2/c1-16-13-17(7-12-21(16)33-3)5-4-6-22-29-30-25(31(22)2)35-15-23(32)28-24-27-20(14-34-24)18-8-10-19(26)11-9-18/h7-14H,4-6,15H2,1-3H3,(H,27,28,32). The lowest BCUT2D eigenvalue weighted by molar-refractivity contribution is -0.113. The summed E-state index contributed by atoms with van der Waals surface area (Å²) in [7, 11) is 3.62. The van der Waals surface area contributed by atoms with Crippen LogP contribution >= 0.6 is 34.7 Å². The van der Waals surface area contributed by atoms with Crippen LogP contribution in [0.4, 0.5) is 5.13 Å². The summed E-state index contributed by atoms with van der Waals surface area (Å²) >= 11 is 8.70. The van der Waals surface area contributed by atoms with Gasteiger partial charge in [0.2, 0.25) is 5.91 Å². The molecule has 4 rings (SSSR count). The van der Waals surface area contributed by atoms with Crippen molar-refractivity contribution in [3.05, 3.63) is 69.8 Å². The Bertz CT molecular complexity index is 1300. The summed E-state index contributed by atoms with van der Waals surface area (Å²) in [6.07, 6.45) is 2.73. The second-order valence-corrected chi connectivity index (χ2v) is 10.2. The fourth-order valence-corrected chi connectivity index (χ4v) is 5.20. The van der Waals surface area contributed by atoms with Crippen LogP contribution in [0.25, 0.3) is 11.3 Å². The summed E-state index contributed by atoms with van der Waals surface area (Å²) in [5.74, 6) is 1.91. The zero-order valence-corrected chi connectivity index (χ0v) is 22.1. The lowest BCUT2D eigenvalue weighted by Crippen LogP contribution is -2.14. The van der Waals surface area contributed by atoms with Gasteiger partial charge in [0.05, 0.1) is 18.6 Å². The number of anilines is 1. The predicted octanol–water partition coefficient (Wildman–Crippen LogP) is 5.82. The third-order valence-electron chi connectivity index (χ3n) is 5.47. The number of methoxy groups -OCH3 is 1. The van der Waals surface area contributed by atoms with E-state index in [0.29, 0.717) is 10.2 Å². The first-order valence-electron chi connectivity index (χ1n) is 11.1. The Morgan fingerprint density at radius 1 is 1.17 bits per heavy atom. The number of hydrogen-bond acceptors (Lipinski definition) is 7. The van der Waals surface area contributed by atoms with Crippen LogP contribution in [0.5, 0.6) is 5.75 Å².